The molecule has 4 fully saturated rings. The topological polar surface area (TPSA) is 46.5 Å². The van der Waals surface area contributed by atoms with E-state index in [0.717, 1.165) is 30.6 Å². The third kappa shape index (κ3) is 3.15. The van der Waals surface area contributed by atoms with Gasteiger partial charge in [-0.25, -0.2) is 0 Å². The minimum absolute atomic E-state index is 0.0677. The minimum Gasteiger partial charge on any atom is -0.469 e. The first-order valence-electron chi connectivity index (χ1n) is 12.1. The summed E-state index contributed by atoms with van der Waals surface area (Å²) >= 11 is 0. The van der Waals surface area contributed by atoms with Gasteiger partial charge in [-0.3, -0.25) is 4.79 Å². The van der Waals surface area contributed by atoms with Crippen LogP contribution in [0.5, 0.6) is 0 Å². The summed E-state index contributed by atoms with van der Waals surface area (Å²) in [5, 5.41) is 11.1. The molecule has 4 saturated carbocycles. The summed E-state index contributed by atoms with van der Waals surface area (Å²) in [4.78, 5) is 11.6. The van der Waals surface area contributed by atoms with Crippen LogP contribution in [0.15, 0.2) is 0 Å². The summed E-state index contributed by atoms with van der Waals surface area (Å²) < 4.78 is 4.87. The maximum atomic E-state index is 11.6. The molecular weight excluding hydrogens is 348 g/mol. The first kappa shape index (κ1) is 20.7. The molecule has 4 aliphatic carbocycles. The molecule has 0 radical (unpaired) electrons. The molecule has 4 aliphatic rings. The first-order valence-corrected chi connectivity index (χ1v) is 12.1. The van der Waals surface area contributed by atoms with E-state index >= 15 is 0 Å². The fourth-order valence-corrected chi connectivity index (χ4v) is 8.98. The van der Waals surface area contributed by atoms with Gasteiger partial charge in [0.15, 0.2) is 0 Å². The molecule has 0 aromatic rings. The molecule has 0 aromatic heterocycles. The first-order chi connectivity index (χ1) is 13.3. The third-order valence-electron chi connectivity index (χ3n) is 10.4. The Kier molecular flexibility index (Phi) is 5.61. The van der Waals surface area contributed by atoms with Crippen molar-refractivity contribution >= 4 is 5.97 Å². The Hall–Kier alpha value is -0.570. The van der Waals surface area contributed by atoms with Gasteiger partial charge in [0.25, 0.3) is 0 Å². The van der Waals surface area contributed by atoms with Crippen LogP contribution >= 0.6 is 0 Å². The van der Waals surface area contributed by atoms with Gasteiger partial charge in [-0.15, -0.1) is 0 Å². The molecule has 3 heteroatoms. The third-order valence-corrected chi connectivity index (χ3v) is 10.4. The Morgan fingerprint density at radius 2 is 1.79 bits per heavy atom. The van der Waals surface area contributed by atoms with E-state index in [9.17, 15) is 9.90 Å². The fraction of sp³-hybridized carbons (Fsp3) is 0.960. The highest BCUT2D eigenvalue weighted by Crippen LogP contribution is 2.68. The average molecular weight is 391 g/mol. The van der Waals surface area contributed by atoms with Gasteiger partial charge in [-0.05, 0) is 97.7 Å². The van der Waals surface area contributed by atoms with Crippen LogP contribution in [0.4, 0.5) is 0 Å². The van der Waals surface area contributed by atoms with E-state index in [1.165, 1.54) is 58.5 Å². The zero-order valence-electron chi connectivity index (χ0n) is 18.6. The van der Waals surface area contributed by atoms with Gasteiger partial charge in [0, 0.05) is 6.42 Å². The van der Waals surface area contributed by atoms with Crippen LogP contribution < -0.4 is 0 Å². The van der Waals surface area contributed by atoms with Gasteiger partial charge >= 0.3 is 5.97 Å². The Morgan fingerprint density at radius 1 is 1.04 bits per heavy atom. The molecule has 9 unspecified atom stereocenters. The highest BCUT2D eigenvalue weighted by Gasteiger charge is 2.61. The Labute approximate surface area is 172 Å². The highest BCUT2D eigenvalue weighted by atomic mass is 16.5. The van der Waals surface area contributed by atoms with E-state index in [4.69, 9.17) is 4.74 Å². The van der Waals surface area contributed by atoms with E-state index in [1.54, 1.807) is 0 Å². The molecule has 0 aromatic carbocycles. The number of fused-ring (bicyclic) bond motifs is 5. The lowest BCUT2D eigenvalue weighted by molar-refractivity contribution is -0.159. The quantitative estimate of drug-likeness (QED) is 0.636. The normalized spacial score (nSPS) is 48.9. The van der Waals surface area contributed by atoms with Crippen LogP contribution in [0.25, 0.3) is 0 Å². The van der Waals surface area contributed by atoms with Crippen LogP contribution in [0.1, 0.15) is 91.4 Å². The van der Waals surface area contributed by atoms with Gasteiger partial charge in [0.2, 0.25) is 0 Å². The van der Waals surface area contributed by atoms with Gasteiger partial charge in [-0.2, -0.15) is 0 Å². The second kappa shape index (κ2) is 7.60. The predicted octanol–water partition coefficient (Wildman–Crippen LogP) is 5.60. The number of rotatable bonds is 4. The lowest BCUT2D eigenvalue weighted by Gasteiger charge is -2.62. The Morgan fingerprint density at radius 3 is 2.54 bits per heavy atom. The highest BCUT2D eigenvalue weighted by molar-refractivity contribution is 5.69. The van der Waals surface area contributed by atoms with Crippen molar-refractivity contribution in [3.8, 4) is 0 Å². The van der Waals surface area contributed by atoms with Crippen LogP contribution in [0.2, 0.25) is 0 Å². The van der Waals surface area contributed by atoms with Crippen LogP contribution in [0, 0.1) is 46.3 Å². The number of carbonyl (C=O) groups excluding carboxylic acids is 1. The van der Waals surface area contributed by atoms with Gasteiger partial charge in [0.1, 0.15) is 0 Å². The Bertz CT molecular complexity index is 588. The van der Waals surface area contributed by atoms with Crippen molar-refractivity contribution in [1.29, 1.82) is 0 Å². The molecule has 0 bridgehead atoms. The van der Waals surface area contributed by atoms with Gasteiger partial charge in [-0.1, -0.05) is 33.6 Å². The summed E-state index contributed by atoms with van der Waals surface area (Å²) in [6.45, 7) is 7.45. The van der Waals surface area contributed by atoms with Gasteiger partial charge < -0.3 is 9.84 Å². The number of hydrogen-bond acceptors (Lipinski definition) is 3. The van der Waals surface area contributed by atoms with E-state index in [2.05, 4.69) is 20.8 Å². The van der Waals surface area contributed by atoms with E-state index in [1.807, 2.05) is 0 Å². The zero-order chi connectivity index (χ0) is 20.1. The molecule has 1 N–H and O–H groups in total. The van der Waals surface area contributed by atoms with Crippen molar-refractivity contribution < 1.29 is 14.6 Å². The summed E-state index contributed by atoms with van der Waals surface area (Å²) in [5.74, 6) is 4.08. The number of aliphatic hydroxyl groups is 1. The molecule has 0 aliphatic heterocycles. The second-order valence-electron chi connectivity index (χ2n) is 11.4. The smallest absolute Gasteiger partial charge is 0.305 e. The SMILES string of the molecule is COC(=O)CCC(C)C1CCC2C3CC(O)C4CCCCC4(C)C3CCC12C. The van der Waals surface area contributed by atoms with Crippen molar-refractivity contribution in [3.05, 3.63) is 0 Å². The largest absolute Gasteiger partial charge is 0.469 e. The number of esters is 1. The summed E-state index contributed by atoms with van der Waals surface area (Å²) in [7, 11) is 1.49. The van der Waals surface area contributed by atoms with E-state index < -0.39 is 0 Å². The van der Waals surface area contributed by atoms with Crippen LogP contribution in [-0.2, 0) is 9.53 Å². The maximum Gasteiger partial charge on any atom is 0.305 e. The number of ether oxygens (including phenoxy) is 1. The van der Waals surface area contributed by atoms with Crippen LogP contribution in [-0.4, -0.2) is 24.3 Å². The molecule has 3 nitrogen and oxygen atoms in total. The van der Waals surface area contributed by atoms with E-state index in [-0.39, 0.29) is 12.1 Å². The van der Waals surface area contributed by atoms with E-state index in [0.29, 0.717) is 35.0 Å². The van der Waals surface area contributed by atoms with Crippen molar-refractivity contribution in [2.75, 3.05) is 7.11 Å². The van der Waals surface area contributed by atoms with Crippen LogP contribution in [0.3, 0.4) is 0 Å². The zero-order valence-corrected chi connectivity index (χ0v) is 18.6. The summed E-state index contributed by atoms with van der Waals surface area (Å²) in [5.41, 5.74) is 0.769. The molecule has 160 valence electrons. The lowest BCUT2D eigenvalue weighted by Crippen LogP contribution is -2.57. The van der Waals surface area contributed by atoms with Crippen molar-refractivity contribution in [1.82, 2.24) is 0 Å². The molecule has 0 heterocycles. The molecule has 0 spiro atoms. The molecule has 0 saturated heterocycles. The molecule has 9 atom stereocenters. The molecular formula is C25H42O3. The fourth-order valence-electron chi connectivity index (χ4n) is 8.98. The maximum absolute atomic E-state index is 11.6. The number of aliphatic hydroxyl groups excluding tert-OH is 1. The average Bonchev–Trinajstić information content (AvgIpc) is 3.03. The summed E-state index contributed by atoms with van der Waals surface area (Å²) in [6, 6.07) is 0. The van der Waals surface area contributed by atoms with Gasteiger partial charge in [0.05, 0.1) is 13.2 Å². The number of carbonyl (C=O) groups is 1. The second-order valence-corrected chi connectivity index (χ2v) is 11.4. The van der Waals surface area contributed by atoms with Crippen molar-refractivity contribution in [3.63, 3.8) is 0 Å². The lowest BCUT2D eigenvalue weighted by atomic mass is 9.44. The summed E-state index contributed by atoms with van der Waals surface area (Å²) in [6.07, 6.45) is 13.1. The number of hydrogen-bond donors (Lipinski definition) is 1. The molecule has 28 heavy (non-hydrogen) atoms. The molecule has 4 rings (SSSR count). The monoisotopic (exact) mass is 390 g/mol. The Balaban J connectivity index is 1.52. The minimum atomic E-state index is -0.0790. The standard InChI is InChI=1S/C25H42O3/c1-16(8-11-23(27)28-4)18-9-10-19-17-15-22(26)21-7-5-6-13-24(21,2)20(17)12-14-25(18,19)3/h16-22,26H,5-15H2,1-4H3. The predicted molar refractivity (Wildman–Crippen MR) is 112 cm³/mol. The number of methoxy groups -OCH3 is 1. The van der Waals surface area contributed by atoms with Crippen molar-refractivity contribution in [2.24, 2.45) is 46.3 Å². The molecule has 0 amide bonds. The van der Waals surface area contributed by atoms with Crippen molar-refractivity contribution in [2.45, 2.75) is 97.5 Å².